The number of para-hydroxylation sites is 1. The Kier molecular flexibility index (Phi) is 8.15. The number of hydrazine groups is 1. The zero-order valence-corrected chi connectivity index (χ0v) is 20.9. The van der Waals surface area contributed by atoms with Gasteiger partial charge in [-0.05, 0) is 30.7 Å². The third-order valence-electron chi connectivity index (χ3n) is 6.13. The van der Waals surface area contributed by atoms with Crippen LogP contribution in [0.2, 0.25) is 0 Å². The first-order valence-electron chi connectivity index (χ1n) is 11.9. The molecule has 38 heavy (non-hydrogen) atoms. The minimum atomic E-state index is -1.33. The fourth-order valence-electron chi connectivity index (χ4n) is 3.98. The number of hydrogen-bond donors (Lipinski definition) is 3. The highest BCUT2D eigenvalue weighted by Crippen LogP contribution is 2.27. The molecule has 1 heterocycles. The van der Waals surface area contributed by atoms with Gasteiger partial charge in [-0.25, -0.2) is 4.79 Å². The van der Waals surface area contributed by atoms with Crippen LogP contribution in [0.1, 0.15) is 23.6 Å². The molecule has 0 aliphatic carbocycles. The zero-order chi connectivity index (χ0) is 27.2. The van der Waals surface area contributed by atoms with E-state index in [-0.39, 0.29) is 6.61 Å². The van der Waals surface area contributed by atoms with Crippen LogP contribution in [0.25, 0.3) is 0 Å². The van der Waals surface area contributed by atoms with Crippen molar-refractivity contribution in [3.05, 3.63) is 95.6 Å². The Morgan fingerprint density at radius 2 is 1.71 bits per heavy atom. The molecule has 1 aliphatic rings. The fraction of sp³-hybridized carbons (Fsp3) is 0.214. The van der Waals surface area contributed by atoms with Crippen LogP contribution in [0.3, 0.4) is 0 Å². The third-order valence-corrected chi connectivity index (χ3v) is 6.13. The first-order valence-corrected chi connectivity index (χ1v) is 11.9. The van der Waals surface area contributed by atoms with Crippen molar-refractivity contribution in [3.63, 3.8) is 0 Å². The summed E-state index contributed by atoms with van der Waals surface area (Å²) in [6.45, 7) is 0.701. The van der Waals surface area contributed by atoms with Gasteiger partial charge < -0.3 is 19.8 Å². The summed E-state index contributed by atoms with van der Waals surface area (Å²) in [5, 5.41) is 19.7. The molecule has 0 fully saturated rings. The predicted molar refractivity (Wildman–Crippen MR) is 141 cm³/mol. The lowest BCUT2D eigenvalue weighted by Crippen LogP contribution is -2.59. The second-order valence-corrected chi connectivity index (χ2v) is 8.66. The number of ether oxygens (including phenoxy) is 1. The van der Waals surface area contributed by atoms with Crippen molar-refractivity contribution in [2.45, 2.75) is 25.7 Å². The van der Waals surface area contributed by atoms with Crippen LogP contribution in [-0.4, -0.2) is 64.6 Å². The first-order chi connectivity index (χ1) is 18.3. The molecule has 3 N–H and O–H groups in total. The topological polar surface area (TPSA) is 132 Å². The van der Waals surface area contributed by atoms with E-state index in [4.69, 9.17) is 4.74 Å². The number of carbonyl (C=O) groups is 3. The van der Waals surface area contributed by atoms with E-state index in [1.165, 1.54) is 11.8 Å². The van der Waals surface area contributed by atoms with Gasteiger partial charge in [-0.2, -0.15) is 5.43 Å². The summed E-state index contributed by atoms with van der Waals surface area (Å²) in [7, 11) is 1.60. The Morgan fingerprint density at radius 3 is 2.37 bits per heavy atom. The Balaban J connectivity index is 1.65. The maximum absolute atomic E-state index is 13.5. The van der Waals surface area contributed by atoms with Crippen LogP contribution < -0.4 is 15.1 Å². The molecule has 0 spiro atoms. The molecule has 0 unspecified atom stereocenters. The number of likely N-dealkylation sites (N-methyl/N-ethyl adjacent to an activating group) is 1. The van der Waals surface area contributed by atoms with Crippen LogP contribution in [0.15, 0.2) is 83.9 Å². The Bertz CT molecular complexity index is 1340. The summed E-state index contributed by atoms with van der Waals surface area (Å²) in [5.41, 5.74) is 6.06. The second-order valence-electron chi connectivity index (χ2n) is 8.66. The minimum Gasteiger partial charge on any atom is -0.484 e. The largest absolute Gasteiger partial charge is 0.484 e. The van der Waals surface area contributed by atoms with Gasteiger partial charge in [0.25, 0.3) is 11.8 Å². The number of hydrogen-bond acceptors (Lipinski definition) is 7. The SMILES string of the molecule is C[C@@H](C(=O)O)N(N[C@@H]1N=C(c2ccccc2)c2ccccc2N(C)C1=O)C(=O)COc1ccc(CO)cc1. The van der Waals surface area contributed by atoms with Gasteiger partial charge in [0.1, 0.15) is 11.8 Å². The van der Waals surface area contributed by atoms with Crippen molar-refractivity contribution in [3.8, 4) is 5.75 Å². The maximum Gasteiger partial charge on any atom is 0.327 e. The number of anilines is 1. The average molecular weight is 517 g/mol. The van der Waals surface area contributed by atoms with Gasteiger partial charge in [0.2, 0.25) is 0 Å². The molecule has 3 aromatic rings. The Labute approximate surface area is 219 Å². The summed E-state index contributed by atoms with van der Waals surface area (Å²) in [4.78, 5) is 44.7. The molecular formula is C28H28N4O6. The minimum absolute atomic E-state index is 0.133. The number of rotatable bonds is 9. The molecule has 196 valence electrons. The Hall–Kier alpha value is -4.54. The standard InChI is InChI=1S/C28H28N4O6/c1-18(28(36)37)32(24(34)17-38-21-14-12-19(16-33)13-15-21)30-26-27(35)31(2)23-11-7-6-10-22(23)25(29-26)20-8-4-3-5-9-20/h3-15,18,26,30,33H,16-17H2,1-2H3,(H,36,37)/t18-,26-/m0/s1. The number of fused-ring (bicyclic) bond motifs is 1. The van der Waals surface area contributed by atoms with Gasteiger partial charge in [-0.1, -0.05) is 60.7 Å². The van der Waals surface area contributed by atoms with Crippen LogP contribution in [0.5, 0.6) is 5.75 Å². The predicted octanol–water partition coefficient (Wildman–Crippen LogP) is 2.20. The lowest BCUT2D eigenvalue weighted by atomic mass is 10.0. The lowest BCUT2D eigenvalue weighted by Gasteiger charge is -2.30. The summed E-state index contributed by atoms with van der Waals surface area (Å²) in [6.07, 6.45) is -1.29. The van der Waals surface area contributed by atoms with Gasteiger partial charge in [0.15, 0.2) is 12.8 Å². The molecule has 10 nitrogen and oxygen atoms in total. The molecule has 0 aromatic heterocycles. The highest BCUT2D eigenvalue weighted by molar-refractivity contribution is 6.20. The second kappa shape index (κ2) is 11.7. The van der Waals surface area contributed by atoms with Gasteiger partial charge in [0, 0.05) is 18.2 Å². The van der Waals surface area contributed by atoms with Crippen molar-refractivity contribution in [1.29, 1.82) is 0 Å². The number of aliphatic carboxylic acids is 1. The van der Waals surface area contributed by atoms with Gasteiger partial charge in [0.05, 0.1) is 18.0 Å². The number of aliphatic hydroxyl groups excluding tert-OH is 1. The third kappa shape index (κ3) is 5.72. The van der Waals surface area contributed by atoms with Crippen molar-refractivity contribution in [1.82, 2.24) is 10.4 Å². The lowest BCUT2D eigenvalue weighted by molar-refractivity contribution is -0.154. The van der Waals surface area contributed by atoms with Crippen LogP contribution in [-0.2, 0) is 21.0 Å². The first kappa shape index (κ1) is 26.5. The Morgan fingerprint density at radius 1 is 1.05 bits per heavy atom. The summed E-state index contributed by atoms with van der Waals surface area (Å²) >= 11 is 0. The molecular weight excluding hydrogens is 488 g/mol. The highest BCUT2D eigenvalue weighted by Gasteiger charge is 2.35. The molecule has 1 aliphatic heterocycles. The quantitative estimate of drug-likeness (QED) is 0.372. The highest BCUT2D eigenvalue weighted by atomic mass is 16.5. The van der Waals surface area contributed by atoms with Crippen LogP contribution >= 0.6 is 0 Å². The number of amides is 2. The fourth-order valence-corrected chi connectivity index (χ4v) is 3.98. The molecule has 0 bridgehead atoms. The number of aliphatic imine (C=N–C) groups is 1. The number of aliphatic hydroxyl groups is 1. The van der Waals surface area contributed by atoms with Gasteiger partial charge in [-0.3, -0.25) is 19.6 Å². The molecule has 10 heteroatoms. The molecule has 0 radical (unpaired) electrons. The van der Waals surface area contributed by atoms with E-state index < -0.39 is 36.6 Å². The number of benzodiazepines with no additional fused rings is 1. The summed E-state index contributed by atoms with van der Waals surface area (Å²) in [6, 6.07) is 21.7. The van der Waals surface area contributed by atoms with Crippen molar-refractivity contribution < 1.29 is 29.3 Å². The van der Waals surface area contributed by atoms with Crippen LogP contribution in [0, 0.1) is 0 Å². The van der Waals surface area contributed by atoms with E-state index >= 15 is 0 Å². The molecule has 0 saturated heterocycles. The number of carboxylic acid groups (broad SMARTS) is 1. The number of benzene rings is 3. The van der Waals surface area contributed by atoms with E-state index in [9.17, 15) is 24.6 Å². The van der Waals surface area contributed by atoms with E-state index in [0.29, 0.717) is 22.7 Å². The average Bonchev–Trinajstić information content (AvgIpc) is 3.05. The normalized spacial score (nSPS) is 15.7. The van der Waals surface area contributed by atoms with Crippen molar-refractivity contribution in [2.75, 3.05) is 18.6 Å². The molecule has 4 rings (SSSR count). The van der Waals surface area contributed by atoms with Crippen molar-refractivity contribution >= 4 is 29.2 Å². The van der Waals surface area contributed by atoms with E-state index in [1.807, 2.05) is 48.5 Å². The molecule has 2 amide bonds. The van der Waals surface area contributed by atoms with Crippen molar-refractivity contribution in [2.24, 2.45) is 4.99 Å². The number of nitrogens with zero attached hydrogens (tertiary/aromatic N) is 3. The smallest absolute Gasteiger partial charge is 0.327 e. The molecule has 2 atom stereocenters. The van der Waals surface area contributed by atoms with Gasteiger partial charge in [-0.15, -0.1) is 0 Å². The zero-order valence-electron chi connectivity index (χ0n) is 20.9. The van der Waals surface area contributed by atoms with E-state index in [0.717, 1.165) is 16.1 Å². The maximum atomic E-state index is 13.5. The van der Waals surface area contributed by atoms with Gasteiger partial charge >= 0.3 is 5.97 Å². The monoisotopic (exact) mass is 516 g/mol. The number of carboxylic acids is 1. The summed E-state index contributed by atoms with van der Waals surface area (Å²) < 4.78 is 5.54. The number of nitrogens with one attached hydrogen (secondary N) is 1. The number of carbonyl (C=O) groups excluding carboxylic acids is 2. The molecule has 0 saturated carbocycles. The van der Waals surface area contributed by atoms with E-state index in [1.54, 1.807) is 37.4 Å². The van der Waals surface area contributed by atoms with E-state index in [2.05, 4.69) is 10.4 Å². The molecule has 3 aromatic carbocycles. The van der Waals surface area contributed by atoms with Crippen LogP contribution in [0.4, 0.5) is 5.69 Å². The summed E-state index contributed by atoms with van der Waals surface area (Å²) in [5.74, 6) is -2.09.